The Bertz CT molecular complexity index is 795. The Morgan fingerprint density at radius 1 is 1.09 bits per heavy atom. The lowest BCUT2D eigenvalue weighted by molar-refractivity contribution is -0.134. The molecule has 6 heteroatoms. The summed E-state index contributed by atoms with van der Waals surface area (Å²) in [6.07, 6.45) is 0.397. The van der Waals surface area contributed by atoms with E-state index in [2.05, 4.69) is 16.9 Å². The molecule has 2 nitrogen and oxygen atoms in total. The molecular formula is C16H10F3N2S. The highest BCUT2D eigenvalue weighted by atomic mass is 32.1. The number of rotatable bonds is 2. The SMILES string of the molecule is [CH2]c1c(-c2csc(C(F)(F)F)c2)cccc1-c1cnccn1. The van der Waals surface area contributed by atoms with Crippen LogP contribution in [0.4, 0.5) is 13.2 Å². The van der Waals surface area contributed by atoms with E-state index in [1.807, 2.05) is 6.07 Å². The van der Waals surface area contributed by atoms with Crippen molar-refractivity contribution in [2.75, 3.05) is 0 Å². The molecule has 1 radical (unpaired) electrons. The normalized spacial score (nSPS) is 11.6. The lowest BCUT2D eigenvalue weighted by atomic mass is 9.96. The standard InChI is InChI=1S/C16H10F3N2S/c1-10-12(11-7-15(22-9-11)16(17,18)19)3-2-4-13(10)14-8-20-5-6-21-14/h2-9H,1H2. The maximum absolute atomic E-state index is 12.7. The number of aromatic nitrogens is 2. The fraction of sp³-hybridized carbons (Fsp3) is 0.0625. The second kappa shape index (κ2) is 5.53. The van der Waals surface area contributed by atoms with Gasteiger partial charge in [0.1, 0.15) is 4.88 Å². The van der Waals surface area contributed by atoms with Crippen molar-refractivity contribution in [1.82, 2.24) is 9.97 Å². The van der Waals surface area contributed by atoms with Crippen molar-refractivity contribution in [3.05, 3.63) is 65.6 Å². The summed E-state index contributed by atoms with van der Waals surface area (Å²) >= 11 is 0.681. The van der Waals surface area contributed by atoms with E-state index in [4.69, 9.17) is 0 Å². The molecule has 0 bridgehead atoms. The molecular weight excluding hydrogens is 309 g/mol. The summed E-state index contributed by atoms with van der Waals surface area (Å²) in [5.74, 6) is 0. The fourth-order valence-electron chi connectivity index (χ4n) is 2.16. The summed E-state index contributed by atoms with van der Waals surface area (Å²) in [5.41, 5.74) is 3.20. The van der Waals surface area contributed by atoms with Gasteiger partial charge in [0.25, 0.3) is 0 Å². The molecule has 0 unspecified atom stereocenters. The van der Waals surface area contributed by atoms with Crippen molar-refractivity contribution in [3.8, 4) is 22.4 Å². The summed E-state index contributed by atoms with van der Waals surface area (Å²) < 4.78 is 38.2. The van der Waals surface area contributed by atoms with E-state index in [0.29, 0.717) is 33.7 Å². The zero-order chi connectivity index (χ0) is 15.7. The van der Waals surface area contributed by atoms with Crippen LogP contribution in [0.5, 0.6) is 0 Å². The second-order valence-electron chi connectivity index (χ2n) is 4.62. The Labute approximate surface area is 129 Å². The second-order valence-corrected chi connectivity index (χ2v) is 5.53. The molecule has 2 aromatic heterocycles. The summed E-state index contributed by atoms with van der Waals surface area (Å²) in [7, 11) is 0. The molecule has 0 amide bonds. The molecule has 0 aliphatic carbocycles. The van der Waals surface area contributed by atoms with Gasteiger partial charge in [-0.1, -0.05) is 18.2 Å². The minimum absolute atomic E-state index is 0.507. The first-order valence-electron chi connectivity index (χ1n) is 6.34. The van der Waals surface area contributed by atoms with E-state index >= 15 is 0 Å². The molecule has 2 heterocycles. The van der Waals surface area contributed by atoms with E-state index in [1.165, 1.54) is 5.38 Å². The predicted octanol–water partition coefficient (Wildman–Crippen LogP) is 5.07. The number of hydrogen-bond donors (Lipinski definition) is 0. The maximum Gasteiger partial charge on any atom is 0.425 e. The van der Waals surface area contributed by atoms with Gasteiger partial charge in [-0.05, 0) is 35.1 Å². The third-order valence-corrected chi connectivity index (χ3v) is 4.18. The van der Waals surface area contributed by atoms with Crippen LogP contribution in [-0.2, 0) is 6.18 Å². The van der Waals surface area contributed by atoms with Crippen LogP contribution in [0.25, 0.3) is 22.4 Å². The third kappa shape index (κ3) is 2.74. The molecule has 0 spiro atoms. The van der Waals surface area contributed by atoms with E-state index in [1.54, 1.807) is 30.7 Å². The minimum atomic E-state index is -4.33. The number of alkyl halides is 3. The highest BCUT2D eigenvalue weighted by Gasteiger charge is 2.32. The number of halogens is 3. The zero-order valence-corrected chi connectivity index (χ0v) is 12.1. The summed E-state index contributed by atoms with van der Waals surface area (Å²) in [5, 5.41) is 1.49. The Hall–Kier alpha value is -2.21. The maximum atomic E-state index is 12.7. The van der Waals surface area contributed by atoms with Crippen LogP contribution in [-0.4, -0.2) is 9.97 Å². The molecule has 3 aromatic rings. The smallest absolute Gasteiger partial charge is 0.261 e. The van der Waals surface area contributed by atoms with Crippen LogP contribution < -0.4 is 0 Å². The van der Waals surface area contributed by atoms with Gasteiger partial charge in [0.05, 0.1) is 11.9 Å². The largest absolute Gasteiger partial charge is 0.425 e. The highest BCUT2D eigenvalue weighted by molar-refractivity contribution is 7.10. The van der Waals surface area contributed by atoms with E-state index in [9.17, 15) is 13.2 Å². The van der Waals surface area contributed by atoms with Gasteiger partial charge >= 0.3 is 6.18 Å². The minimum Gasteiger partial charge on any atom is -0.261 e. The number of benzene rings is 1. The Morgan fingerprint density at radius 3 is 2.50 bits per heavy atom. The van der Waals surface area contributed by atoms with E-state index in [-0.39, 0.29) is 0 Å². The first kappa shape index (κ1) is 14.7. The quantitative estimate of drug-likeness (QED) is 0.659. The molecule has 0 saturated carbocycles. The van der Waals surface area contributed by atoms with Gasteiger partial charge in [0.2, 0.25) is 0 Å². The van der Waals surface area contributed by atoms with Crippen molar-refractivity contribution in [2.24, 2.45) is 0 Å². The van der Waals surface area contributed by atoms with Gasteiger partial charge < -0.3 is 0 Å². The summed E-state index contributed by atoms with van der Waals surface area (Å²) in [4.78, 5) is 7.59. The van der Waals surface area contributed by atoms with Gasteiger partial charge in [-0.25, -0.2) is 0 Å². The van der Waals surface area contributed by atoms with Crippen molar-refractivity contribution in [1.29, 1.82) is 0 Å². The van der Waals surface area contributed by atoms with Gasteiger partial charge in [0, 0.05) is 18.0 Å². The molecule has 0 N–H and O–H groups in total. The van der Waals surface area contributed by atoms with E-state index in [0.717, 1.165) is 11.6 Å². The zero-order valence-electron chi connectivity index (χ0n) is 11.3. The average molecular weight is 319 g/mol. The van der Waals surface area contributed by atoms with Crippen LogP contribution >= 0.6 is 11.3 Å². The molecule has 0 fully saturated rings. The molecule has 22 heavy (non-hydrogen) atoms. The Kier molecular flexibility index (Phi) is 3.70. The molecule has 0 aliphatic heterocycles. The van der Waals surface area contributed by atoms with Crippen LogP contribution in [0.15, 0.2) is 48.2 Å². The third-order valence-electron chi connectivity index (χ3n) is 3.21. The first-order chi connectivity index (χ1) is 10.5. The number of hydrogen-bond acceptors (Lipinski definition) is 3. The van der Waals surface area contributed by atoms with Gasteiger partial charge in [0.15, 0.2) is 0 Å². The predicted molar refractivity (Wildman–Crippen MR) is 80.2 cm³/mol. The van der Waals surface area contributed by atoms with Crippen molar-refractivity contribution in [3.63, 3.8) is 0 Å². The number of nitrogens with zero attached hydrogens (tertiary/aromatic N) is 2. The van der Waals surface area contributed by atoms with Crippen LogP contribution in [0.3, 0.4) is 0 Å². The van der Waals surface area contributed by atoms with Crippen molar-refractivity contribution >= 4 is 11.3 Å². The van der Waals surface area contributed by atoms with Gasteiger partial charge in [-0.3, -0.25) is 9.97 Å². The summed E-state index contributed by atoms with van der Waals surface area (Å²) in [6, 6.07) is 6.51. The summed E-state index contributed by atoms with van der Waals surface area (Å²) in [6.45, 7) is 4.00. The highest BCUT2D eigenvalue weighted by Crippen LogP contribution is 2.39. The van der Waals surface area contributed by atoms with E-state index < -0.39 is 11.1 Å². The van der Waals surface area contributed by atoms with Crippen LogP contribution in [0.2, 0.25) is 0 Å². The Morgan fingerprint density at radius 2 is 1.86 bits per heavy atom. The molecule has 0 aliphatic rings. The van der Waals surface area contributed by atoms with Gasteiger partial charge in [-0.15, -0.1) is 11.3 Å². The molecule has 111 valence electrons. The first-order valence-corrected chi connectivity index (χ1v) is 7.22. The number of thiophene rings is 1. The van der Waals surface area contributed by atoms with Crippen molar-refractivity contribution in [2.45, 2.75) is 6.18 Å². The molecule has 3 rings (SSSR count). The van der Waals surface area contributed by atoms with Crippen LogP contribution in [0.1, 0.15) is 10.4 Å². The fourth-order valence-corrected chi connectivity index (χ4v) is 2.94. The average Bonchev–Trinajstić information content (AvgIpc) is 2.98. The monoisotopic (exact) mass is 319 g/mol. The van der Waals surface area contributed by atoms with Crippen LogP contribution in [0, 0.1) is 6.92 Å². The Balaban J connectivity index is 2.08. The lowest BCUT2D eigenvalue weighted by Crippen LogP contribution is -2.00. The van der Waals surface area contributed by atoms with Crippen molar-refractivity contribution < 1.29 is 13.2 Å². The molecule has 0 saturated heterocycles. The molecule has 0 atom stereocenters. The van der Waals surface area contributed by atoms with Gasteiger partial charge in [-0.2, -0.15) is 13.2 Å². The lowest BCUT2D eigenvalue weighted by Gasteiger charge is -2.09. The topological polar surface area (TPSA) is 25.8 Å². The molecule has 1 aromatic carbocycles.